The lowest BCUT2D eigenvalue weighted by Crippen LogP contribution is -2.40. The minimum absolute atomic E-state index is 0.106. The fourth-order valence-corrected chi connectivity index (χ4v) is 3.92. The van der Waals surface area contributed by atoms with Gasteiger partial charge in [-0.25, -0.2) is 4.39 Å². The van der Waals surface area contributed by atoms with E-state index in [2.05, 4.69) is 10.2 Å². The Morgan fingerprint density at radius 3 is 2.69 bits per heavy atom. The Hall–Kier alpha value is -1.79. The van der Waals surface area contributed by atoms with Crippen molar-refractivity contribution in [3.05, 3.63) is 59.8 Å². The molecule has 26 heavy (non-hydrogen) atoms. The molecule has 1 aliphatic heterocycles. The van der Waals surface area contributed by atoms with Gasteiger partial charge in [0.15, 0.2) is 0 Å². The highest BCUT2D eigenvalue weighted by molar-refractivity contribution is 7.98. The summed E-state index contributed by atoms with van der Waals surface area (Å²) in [6.07, 6.45) is 3.44. The van der Waals surface area contributed by atoms with Crippen LogP contribution in [0, 0.1) is 11.7 Å². The van der Waals surface area contributed by atoms with Crippen LogP contribution in [-0.2, 0) is 17.1 Å². The molecule has 1 aromatic carbocycles. The number of nitrogens with one attached hydrogen (secondary N) is 1. The van der Waals surface area contributed by atoms with Crippen molar-refractivity contribution in [1.29, 1.82) is 0 Å². The van der Waals surface area contributed by atoms with Crippen molar-refractivity contribution < 1.29 is 13.6 Å². The number of carbonyl (C=O) groups excluding carboxylic acids is 1. The zero-order valence-corrected chi connectivity index (χ0v) is 15.6. The first kappa shape index (κ1) is 19.0. The van der Waals surface area contributed by atoms with Gasteiger partial charge in [-0.3, -0.25) is 9.69 Å². The fourth-order valence-electron chi connectivity index (χ4n) is 3.16. The number of carbonyl (C=O) groups is 1. The molecule has 1 fully saturated rings. The average Bonchev–Trinajstić information content (AvgIpc) is 3.17. The lowest BCUT2D eigenvalue weighted by molar-refractivity contribution is -0.126. The van der Waals surface area contributed by atoms with Crippen molar-refractivity contribution in [1.82, 2.24) is 10.2 Å². The Bertz CT molecular complexity index is 668. The van der Waals surface area contributed by atoms with E-state index in [-0.39, 0.29) is 17.6 Å². The molecule has 2 heterocycles. The lowest BCUT2D eigenvalue weighted by Gasteiger charge is -2.31. The van der Waals surface area contributed by atoms with Gasteiger partial charge in [0.2, 0.25) is 5.91 Å². The predicted octanol–water partition coefficient (Wildman–Crippen LogP) is 3.68. The van der Waals surface area contributed by atoms with E-state index in [9.17, 15) is 9.18 Å². The molecule has 1 saturated heterocycles. The molecule has 3 rings (SSSR count). The van der Waals surface area contributed by atoms with Crippen molar-refractivity contribution in [2.24, 2.45) is 5.92 Å². The molecule has 0 unspecified atom stereocenters. The van der Waals surface area contributed by atoms with E-state index in [1.165, 1.54) is 12.1 Å². The molecule has 1 aliphatic rings. The number of hydrogen-bond donors (Lipinski definition) is 1. The zero-order valence-electron chi connectivity index (χ0n) is 14.8. The number of nitrogens with zero attached hydrogens (tertiary/aromatic N) is 1. The van der Waals surface area contributed by atoms with Crippen LogP contribution < -0.4 is 5.32 Å². The molecule has 0 saturated carbocycles. The number of likely N-dealkylation sites (tertiary alicyclic amines) is 1. The van der Waals surface area contributed by atoms with Crippen LogP contribution >= 0.6 is 11.8 Å². The van der Waals surface area contributed by atoms with Crippen molar-refractivity contribution in [2.45, 2.75) is 25.1 Å². The van der Waals surface area contributed by atoms with Gasteiger partial charge in [0, 0.05) is 24.8 Å². The van der Waals surface area contributed by atoms with Crippen LogP contribution in [0.1, 0.15) is 24.2 Å². The number of thioether (sulfide) groups is 1. The monoisotopic (exact) mass is 376 g/mol. The van der Waals surface area contributed by atoms with E-state index in [1.54, 1.807) is 18.0 Å². The second-order valence-corrected chi connectivity index (χ2v) is 7.71. The van der Waals surface area contributed by atoms with Crippen LogP contribution in [0.2, 0.25) is 0 Å². The quantitative estimate of drug-likeness (QED) is 0.714. The molecule has 0 spiro atoms. The first-order chi connectivity index (χ1) is 12.7. The summed E-state index contributed by atoms with van der Waals surface area (Å²) in [5, 5.41) is 3.05. The zero-order chi connectivity index (χ0) is 18.2. The van der Waals surface area contributed by atoms with Crippen molar-refractivity contribution >= 4 is 17.7 Å². The smallest absolute Gasteiger partial charge is 0.223 e. The van der Waals surface area contributed by atoms with Gasteiger partial charge in [0.25, 0.3) is 0 Å². The highest BCUT2D eigenvalue weighted by Crippen LogP contribution is 2.19. The summed E-state index contributed by atoms with van der Waals surface area (Å²) >= 11 is 1.76. The number of rotatable bonds is 8. The molecule has 6 heteroatoms. The van der Waals surface area contributed by atoms with Crippen LogP contribution in [0.3, 0.4) is 0 Å². The van der Waals surface area contributed by atoms with E-state index in [4.69, 9.17) is 4.42 Å². The van der Waals surface area contributed by atoms with E-state index in [1.807, 2.05) is 24.3 Å². The van der Waals surface area contributed by atoms with Gasteiger partial charge in [-0.15, -0.1) is 0 Å². The number of amides is 1. The normalized spacial score (nSPS) is 15.9. The summed E-state index contributed by atoms with van der Waals surface area (Å²) < 4.78 is 18.2. The van der Waals surface area contributed by atoms with Gasteiger partial charge in [0.05, 0.1) is 12.0 Å². The SMILES string of the molecule is O=C(NCCSCc1ccco1)C1CCN(Cc2ccc(F)cc2)CC1. The molecule has 0 radical (unpaired) electrons. The molecule has 1 aromatic heterocycles. The molecule has 140 valence electrons. The second-order valence-electron chi connectivity index (χ2n) is 6.60. The highest BCUT2D eigenvalue weighted by Gasteiger charge is 2.24. The summed E-state index contributed by atoms with van der Waals surface area (Å²) in [6.45, 7) is 3.32. The van der Waals surface area contributed by atoms with E-state index >= 15 is 0 Å². The Balaban J connectivity index is 1.30. The maximum absolute atomic E-state index is 13.0. The summed E-state index contributed by atoms with van der Waals surface area (Å²) in [5.74, 6) is 2.77. The molecule has 0 aliphatic carbocycles. The maximum Gasteiger partial charge on any atom is 0.223 e. The summed E-state index contributed by atoms with van der Waals surface area (Å²) in [7, 11) is 0. The maximum atomic E-state index is 13.0. The lowest BCUT2D eigenvalue weighted by atomic mass is 9.95. The van der Waals surface area contributed by atoms with E-state index in [0.29, 0.717) is 6.54 Å². The van der Waals surface area contributed by atoms with Crippen molar-refractivity contribution in [3.8, 4) is 0 Å². The van der Waals surface area contributed by atoms with Gasteiger partial charge in [-0.1, -0.05) is 12.1 Å². The first-order valence-electron chi connectivity index (χ1n) is 9.05. The molecule has 4 nitrogen and oxygen atoms in total. The second kappa shape index (κ2) is 9.78. The first-order valence-corrected chi connectivity index (χ1v) is 10.2. The molecule has 1 N–H and O–H groups in total. The number of piperidine rings is 1. The molecule has 2 aromatic rings. The molecular formula is C20H25FN2O2S. The third kappa shape index (κ3) is 5.88. The number of hydrogen-bond acceptors (Lipinski definition) is 4. The van der Waals surface area contributed by atoms with Crippen LogP contribution in [-0.4, -0.2) is 36.2 Å². The molecular weight excluding hydrogens is 351 g/mol. The summed E-state index contributed by atoms with van der Waals surface area (Å²) in [6, 6.07) is 10.5. The summed E-state index contributed by atoms with van der Waals surface area (Å²) in [5.41, 5.74) is 1.11. The molecule has 0 atom stereocenters. The predicted molar refractivity (Wildman–Crippen MR) is 102 cm³/mol. The Morgan fingerprint density at radius 1 is 1.23 bits per heavy atom. The van der Waals surface area contributed by atoms with E-state index < -0.39 is 0 Å². The van der Waals surface area contributed by atoms with Gasteiger partial charge in [-0.05, 0) is 55.8 Å². The Kier molecular flexibility index (Phi) is 7.14. The van der Waals surface area contributed by atoms with Crippen LogP contribution in [0.15, 0.2) is 47.1 Å². The number of halogens is 1. The average molecular weight is 376 g/mol. The standard InChI is InChI=1S/C20H25FN2O2S/c21-18-5-3-16(4-6-18)14-23-10-7-17(8-11-23)20(24)22-9-13-26-15-19-2-1-12-25-19/h1-6,12,17H,7-11,13-15H2,(H,22,24). The van der Waals surface area contributed by atoms with Crippen LogP contribution in [0.5, 0.6) is 0 Å². The van der Waals surface area contributed by atoms with Crippen molar-refractivity contribution in [2.75, 3.05) is 25.4 Å². The minimum atomic E-state index is -0.202. The third-order valence-electron chi connectivity index (χ3n) is 4.65. The third-order valence-corrected chi connectivity index (χ3v) is 5.63. The number of benzene rings is 1. The van der Waals surface area contributed by atoms with Gasteiger partial charge < -0.3 is 9.73 Å². The highest BCUT2D eigenvalue weighted by atomic mass is 32.2. The van der Waals surface area contributed by atoms with Crippen LogP contribution in [0.25, 0.3) is 0 Å². The van der Waals surface area contributed by atoms with Gasteiger partial charge in [0.1, 0.15) is 11.6 Å². The van der Waals surface area contributed by atoms with Crippen LogP contribution in [0.4, 0.5) is 4.39 Å². The summed E-state index contributed by atoms with van der Waals surface area (Å²) in [4.78, 5) is 14.6. The van der Waals surface area contributed by atoms with Crippen molar-refractivity contribution in [3.63, 3.8) is 0 Å². The fraction of sp³-hybridized carbons (Fsp3) is 0.450. The molecule has 1 amide bonds. The largest absolute Gasteiger partial charge is 0.468 e. The van der Waals surface area contributed by atoms with E-state index in [0.717, 1.165) is 55.3 Å². The minimum Gasteiger partial charge on any atom is -0.468 e. The molecule has 0 bridgehead atoms. The Labute approximate surface area is 158 Å². The van der Waals surface area contributed by atoms with Gasteiger partial charge >= 0.3 is 0 Å². The van der Waals surface area contributed by atoms with Gasteiger partial charge in [-0.2, -0.15) is 11.8 Å². The number of furan rings is 1. The Morgan fingerprint density at radius 2 is 2.00 bits per heavy atom. The topological polar surface area (TPSA) is 45.5 Å².